The molecule has 0 saturated carbocycles. The van der Waals surface area contributed by atoms with Crippen molar-refractivity contribution in [2.75, 3.05) is 6.26 Å². The molecule has 3 aromatic rings. The highest BCUT2D eigenvalue weighted by molar-refractivity contribution is 9.10. The van der Waals surface area contributed by atoms with Gasteiger partial charge in [-0.3, -0.25) is 4.79 Å². The average molecular weight is 430 g/mol. The summed E-state index contributed by atoms with van der Waals surface area (Å²) in [6, 6.07) is 13.6. The molecule has 0 N–H and O–H groups in total. The Morgan fingerprint density at radius 3 is 2.46 bits per heavy atom. The fourth-order valence-electron chi connectivity index (χ4n) is 2.56. The second kappa shape index (κ2) is 7.37. The Hall–Kier alpha value is -1.92. The first-order valence-corrected chi connectivity index (χ1v) is 10.2. The van der Waals surface area contributed by atoms with E-state index in [9.17, 15) is 4.79 Å². The Bertz CT molecular complexity index is 1030. The van der Waals surface area contributed by atoms with Gasteiger partial charge in [0.05, 0.1) is 17.1 Å². The van der Waals surface area contributed by atoms with Crippen molar-refractivity contribution < 1.29 is 0 Å². The van der Waals surface area contributed by atoms with Crippen molar-refractivity contribution in [1.82, 2.24) is 9.66 Å². The number of hydrogen-bond donors (Lipinski definition) is 0. The summed E-state index contributed by atoms with van der Waals surface area (Å²) in [7, 11) is 0. The van der Waals surface area contributed by atoms with Crippen LogP contribution in [0.25, 0.3) is 10.9 Å². The van der Waals surface area contributed by atoms with E-state index in [1.54, 1.807) is 24.0 Å². The van der Waals surface area contributed by atoms with Crippen LogP contribution in [0.1, 0.15) is 32.2 Å². The summed E-state index contributed by atoms with van der Waals surface area (Å²) in [6.07, 6.45) is 3.74. The highest BCUT2D eigenvalue weighted by atomic mass is 79.9. The van der Waals surface area contributed by atoms with Gasteiger partial charge in [-0.15, -0.1) is 11.8 Å². The maximum Gasteiger partial charge on any atom is 0.282 e. The monoisotopic (exact) mass is 429 g/mol. The third kappa shape index (κ3) is 3.91. The molecule has 4 nitrogen and oxygen atoms in total. The lowest BCUT2D eigenvalue weighted by atomic mass is 9.95. The lowest BCUT2D eigenvalue weighted by Gasteiger charge is -2.20. The molecule has 0 saturated heterocycles. The zero-order chi connectivity index (χ0) is 18.9. The molecule has 1 aromatic heterocycles. The molecule has 0 aliphatic carbocycles. The number of thioether (sulfide) groups is 1. The van der Waals surface area contributed by atoms with Crippen LogP contribution in [0.15, 0.2) is 61.7 Å². The Labute approximate surface area is 165 Å². The highest BCUT2D eigenvalue weighted by Gasteiger charge is 2.22. The van der Waals surface area contributed by atoms with Crippen LogP contribution in [0.3, 0.4) is 0 Å². The minimum absolute atomic E-state index is 0.168. The Morgan fingerprint density at radius 2 is 1.85 bits per heavy atom. The first kappa shape index (κ1) is 18.9. The van der Waals surface area contributed by atoms with Crippen molar-refractivity contribution in [3.8, 4) is 0 Å². The minimum Gasteiger partial charge on any atom is -0.267 e. The van der Waals surface area contributed by atoms with Gasteiger partial charge in [0.25, 0.3) is 5.56 Å². The summed E-state index contributed by atoms with van der Waals surface area (Å²) >= 11 is 5.11. The molecule has 26 heavy (non-hydrogen) atoms. The molecule has 134 valence electrons. The van der Waals surface area contributed by atoms with Crippen molar-refractivity contribution in [2.24, 2.45) is 5.10 Å². The maximum absolute atomic E-state index is 13.1. The van der Waals surface area contributed by atoms with E-state index in [1.165, 1.54) is 9.57 Å². The molecule has 0 aliphatic rings. The van der Waals surface area contributed by atoms with Crippen LogP contribution in [-0.4, -0.2) is 22.1 Å². The van der Waals surface area contributed by atoms with Gasteiger partial charge < -0.3 is 0 Å². The SMILES string of the molecule is CSc1ccc(C=Nn2c(C(C)(C)C)nc3ccc(Br)cc3c2=O)cc1. The number of aromatic nitrogens is 2. The van der Waals surface area contributed by atoms with Crippen LogP contribution < -0.4 is 5.56 Å². The second-order valence-corrected chi connectivity index (χ2v) is 8.78. The van der Waals surface area contributed by atoms with E-state index in [4.69, 9.17) is 4.98 Å². The lowest BCUT2D eigenvalue weighted by molar-refractivity contribution is 0.506. The Balaban J connectivity index is 2.17. The van der Waals surface area contributed by atoms with Crippen LogP contribution in [0.5, 0.6) is 0 Å². The van der Waals surface area contributed by atoms with Gasteiger partial charge >= 0.3 is 0 Å². The minimum atomic E-state index is -0.319. The molecular formula is C20H20BrN3OS. The van der Waals surface area contributed by atoms with Gasteiger partial charge in [-0.2, -0.15) is 9.78 Å². The highest BCUT2D eigenvalue weighted by Crippen LogP contribution is 2.23. The quantitative estimate of drug-likeness (QED) is 0.431. The zero-order valence-electron chi connectivity index (χ0n) is 15.2. The third-order valence-corrected chi connectivity index (χ3v) is 5.15. The zero-order valence-corrected chi connectivity index (χ0v) is 17.6. The van der Waals surface area contributed by atoms with Crippen molar-refractivity contribution in [1.29, 1.82) is 0 Å². The van der Waals surface area contributed by atoms with Crippen LogP contribution in [0.2, 0.25) is 0 Å². The smallest absolute Gasteiger partial charge is 0.267 e. The number of fused-ring (bicyclic) bond motifs is 1. The van der Waals surface area contributed by atoms with Gasteiger partial charge in [-0.25, -0.2) is 4.98 Å². The normalized spacial score (nSPS) is 12.2. The fraction of sp³-hybridized carbons (Fsp3) is 0.250. The van der Waals surface area contributed by atoms with Gasteiger partial charge in [-0.1, -0.05) is 48.8 Å². The maximum atomic E-state index is 13.1. The molecule has 0 radical (unpaired) electrons. The predicted octanol–water partition coefficient (Wildman–Crippen LogP) is 5.06. The molecule has 0 unspecified atom stereocenters. The first-order chi connectivity index (χ1) is 12.3. The largest absolute Gasteiger partial charge is 0.282 e. The van der Waals surface area contributed by atoms with Crippen molar-refractivity contribution in [3.05, 3.63) is 68.7 Å². The molecule has 6 heteroatoms. The van der Waals surface area contributed by atoms with E-state index in [0.717, 1.165) is 10.0 Å². The predicted molar refractivity (Wildman–Crippen MR) is 114 cm³/mol. The van der Waals surface area contributed by atoms with E-state index in [0.29, 0.717) is 16.7 Å². The topological polar surface area (TPSA) is 47.2 Å². The number of hydrogen-bond acceptors (Lipinski definition) is 4. The van der Waals surface area contributed by atoms with Gasteiger partial charge in [0.2, 0.25) is 0 Å². The van der Waals surface area contributed by atoms with E-state index in [-0.39, 0.29) is 11.0 Å². The lowest BCUT2D eigenvalue weighted by Crippen LogP contribution is -2.29. The van der Waals surface area contributed by atoms with E-state index in [1.807, 2.05) is 63.4 Å². The first-order valence-electron chi connectivity index (χ1n) is 8.21. The van der Waals surface area contributed by atoms with Crippen molar-refractivity contribution in [3.63, 3.8) is 0 Å². The molecule has 0 bridgehead atoms. The Kier molecular flexibility index (Phi) is 5.34. The van der Waals surface area contributed by atoms with E-state index < -0.39 is 0 Å². The van der Waals surface area contributed by atoms with Crippen molar-refractivity contribution >= 4 is 44.8 Å². The third-order valence-electron chi connectivity index (χ3n) is 3.92. The average Bonchev–Trinajstić information content (AvgIpc) is 2.61. The summed E-state index contributed by atoms with van der Waals surface area (Å²) in [5.74, 6) is 0.634. The van der Waals surface area contributed by atoms with Gasteiger partial charge in [0.15, 0.2) is 0 Å². The molecule has 3 rings (SSSR count). The molecular weight excluding hydrogens is 410 g/mol. The molecule has 0 aliphatic heterocycles. The van der Waals surface area contributed by atoms with Crippen molar-refractivity contribution in [2.45, 2.75) is 31.1 Å². The number of rotatable bonds is 3. The van der Waals surface area contributed by atoms with Gasteiger partial charge in [0, 0.05) is 14.8 Å². The molecule has 1 heterocycles. The van der Waals surface area contributed by atoms with Crippen LogP contribution in [0, 0.1) is 0 Å². The standard InChI is InChI=1S/C20H20BrN3OS/c1-20(2,3)19-23-17-10-7-14(21)11-16(17)18(25)24(19)22-12-13-5-8-15(26-4)9-6-13/h5-12H,1-4H3. The molecule has 2 aromatic carbocycles. The summed E-state index contributed by atoms with van der Waals surface area (Å²) in [6.45, 7) is 6.08. The van der Waals surface area contributed by atoms with Gasteiger partial charge in [-0.05, 0) is 42.2 Å². The second-order valence-electron chi connectivity index (χ2n) is 6.98. The number of halogens is 1. The number of nitrogens with zero attached hydrogens (tertiary/aromatic N) is 3. The molecule has 0 amide bonds. The summed E-state index contributed by atoms with van der Waals surface area (Å²) in [5.41, 5.74) is 1.13. The fourth-order valence-corrected chi connectivity index (χ4v) is 3.33. The van der Waals surface area contributed by atoms with E-state index >= 15 is 0 Å². The van der Waals surface area contributed by atoms with Crippen LogP contribution in [0.4, 0.5) is 0 Å². The molecule has 0 spiro atoms. The Morgan fingerprint density at radius 1 is 1.15 bits per heavy atom. The molecule has 0 fully saturated rings. The number of benzene rings is 2. The van der Waals surface area contributed by atoms with Crippen LogP contribution in [-0.2, 0) is 5.41 Å². The van der Waals surface area contributed by atoms with Crippen LogP contribution >= 0.6 is 27.7 Å². The van der Waals surface area contributed by atoms with Gasteiger partial charge in [0.1, 0.15) is 5.82 Å². The summed E-state index contributed by atoms with van der Waals surface area (Å²) in [5, 5.41) is 5.02. The molecule has 0 atom stereocenters. The summed E-state index contributed by atoms with van der Waals surface area (Å²) in [4.78, 5) is 19.0. The van der Waals surface area contributed by atoms with E-state index in [2.05, 4.69) is 21.0 Å². The summed E-state index contributed by atoms with van der Waals surface area (Å²) < 4.78 is 2.26.